The Labute approximate surface area is 247 Å². The molecule has 0 aliphatic rings. The average molecular weight is 595 g/mol. The first-order valence-corrected chi connectivity index (χ1v) is 12.8. The molecule has 0 heterocycles. The van der Waals surface area contributed by atoms with Crippen molar-refractivity contribution in [2.24, 2.45) is 10.3 Å². The van der Waals surface area contributed by atoms with Gasteiger partial charge in [0.2, 0.25) is 0 Å². The van der Waals surface area contributed by atoms with Crippen LogP contribution in [0.3, 0.4) is 0 Å². The Morgan fingerprint density at radius 2 is 1.70 bits per heavy atom. The number of oxime groups is 2. The van der Waals surface area contributed by atoms with E-state index in [4.69, 9.17) is 30.3 Å². The molecule has 43 heavy (non-hydrogen) atoms. The van der Waals surface area contributed by atoms with E-state index in [1.807, 2.05) is 0 Å². The van der Waals surface area contributed by atoms with Crippen molar-refractivity contribution in [3.63, 3.8) is 0 Å². The molecule has 3 aromatic carbocycles. The number of ether oxygens (including phenoxy) is 3. The molecule has 0 atom stereocenters. The molecule has 0 aliphatic carbocycles. The number of carbonyl (C=O) groups excluding carboxylic acids is 1. The molecule has 224 valence electrons. The number of esters is 1. The van der Waals surface area contributed by atoms with Crippen molar-refractivity contribution < 1.29 is 41.9 Å². The molecule has 0 unspecified atom stereocenters. The molecular weight excluding hydrogens is 565 g/mol. The number of alkyl halides is 3. The Balaban J connectivity index is 1.75. The van der Waals surface area contributed by atoms with Crippen molar-refractivity contribution >= 4 is 23.0 Å². The zero-order chi connectivity index (χ0) is 31.2. The lowest BCUT2D eigenvalue weighted by molar-refractivity contribution is -0.137. The Morgan fingerprint density at radius 1 is 0.953 bits per heavy atom. The SMILES string of the molecule is C#CCON=C(C(C)=NOCc1ccccc1C(=COC)C(=O)OC)c1ccc(OCc2cccc(C(F)(F)F)c2)cc1. The third kappa shape index (κ3) is 9.39. The minimum Gasteiger partial charge on any atom is -0.503 e. The van der Waals surface area contributed by atoms with Crippen LogP contribution in [0.25, 0.3) is 5.57 Å². The second-order valence-corrected chi connectivity index (χ2v) is 8.79. The molecular formula is C32H29F3N2O6. The monoisotopic (exact) mass is 594 g/mol. The summed E-state index contributed by atoms with van der Waals surface area (Å²) in [6.07, 6.45) is 2.13. The second-order valence-electron chi connectivity index (χ2n) is 8.79. The number of hydrogen-bond donors (Lipinski definition) is 0. The first-order valence-electron chi connectivity index (χ1n) is 12.8. The Hall–Kier alpha value is -5.24. The van der Waals surface area contributed by atoms with Gasteiger partial charge in [0.25, 0.3) is 0 Å². The number of rotatable bonds is 13. The van der Waals surface area contributed by atoms with Crippen molar-refractivity contribution in [1.82, 2.24) is 0 Å². The standard InChI is InChI=1S/C32H29F3N2O6/c1-5-17-42-37-30(22(2)36-43-20-25-10-6-7-12-28(25)29(21-39-3)31(38)40-4)24-13-15-27(16-14-24)41-19-23-9-8-11-26(18-23)32(33,34)35/h1,6-16,18,21H,17,19-20H2,2-4H3. The number of terminal acetylenes is 1. The maximum absolute atomic E-state index is 13.0. The highest BCUT2D eigenvalue weighted by molar-refractivity contribution is 6.47. The Kier molecular flexibility index (Phi) is 11.8. The van der Waals surface area contributed by atoms with E-state index in [-0.39, 0.29) is 25.4 Å². The van der Waals surface area contributed by atoms with Crippen LogP contribution in [-0.4, -0.2) is 38.2 Å². The van der Waals surface area contributed by atoms with Crippen LogP contribution in [0.1, 0.15) is 34.7 Å². The van der Waals surface area contributed by atoms with E-state index in [0.29, 0.717) is 39.4 Å². The second kappa shape index (κ2) is 15.7. The van der Waals surface area contributed by atoms with Crippen molar-refractivity contribution in [3.8, 4) is 18.1 Å². The summed E-state index contributed by atoms with van der Waals surface area (Å²) < 4.78 is 54.6. The lowest BCUT2D eigenvalue weighted by atomic mass is 10.0. The lowest BCUT2D eigenvalue weighted by Crippen LogP contribution is -2.14. The molecule has 0 aliphatic heterocycles. The first-order chi connectivity index (χ1) is 20.7. The summed E-state index contributed by atoms with van der Waals surface area (Å²) in [5.74, 6) is 2.19. The third-order valence-corrected chi connectivity index (χ3v) is 5.80. The molecule has 0 bridgehead atoms. The van der Waals surface area contributed by atoms with Gasteiger partial charge >= 0.3 is 12.1 Å². The number of benzene rings is 3. The molecule has 0 N–H and O–H groups in total. The maximum Gasteiger partial charge on any atom is 0.416 e. The molecule has 0 aromatic heterocycles. The van der Waals surface area contributed by atoms with E-state index >= 15 is 0 Å². The lowest BCUT2D eigenvalue weighted by Gasteiger charge is -2.12. The minimum atomic E-state index is -4.44. The molecule has 0 saturated carbocycles. The average Bonchev–Trinajstić information content (AvgIpc) is 3.01. The highest BCUT2D eigenvalue weighted by Gasteiger charge is 2.30. The van der Waals surface area contributed by atoms with Crippen molar-refractivity contribution in [3.05, 3.63) is 107 Å². The van der Waals surface area contributed by atoms with E-state index in [0.717, 1.165) is 12.1 Å². The number of nitrogens with zero attached hydrogens (tertiary/aromatic N) is 2. The number of halogens is 3. The molecule has 3 rings (SSSR count). The van der Waals surface area contributed by atoms with Gasteiger partial charge in [0, 0.05) is 11.1 Å². The fourth-order valence-corrected chi connectivity index (χ4v) is 3.78. The largest absolute Gasteiger partial charge is 0.503 e. The van der Waals surface area contributed by atoms with Crippen LogP contribution in [0.15, 0.2) is 89.4 Å². The van der Waals surface area contributed by atoms with Crippen molar-refractivity contribution in [2.75, 3.05) is 20.8 Å². The first kappa shape index (κ1) is 32.3. The van der Waals surface area contributed by atoms with E-state index in [1.54, 1.807) is 61.5 Å². The van der Waals surface area contributed by atoms with Crippen LogP contribution in [0, 0.1) is 12.3 Å². The summed E-state index contributed by atoms with van der Waals surface area (Å²) in [4.78, 5) is 23.1. The van der Waals surface area contributed by atoms with Crippen LogP contribution >= 0.6 is 0 Å². The highest BCUT2D eigenvalue weighted by atomic mass is 19.4. The van der Waals surface area contributed by atoms with Crippen molar-refractivity contribution in [2.45, 2.75) is 26.3 Å². The van der Waals surface area contributed by atoms with Crippen LogP contribution in [0.2, 0.25) is 0 Å². The van der Waals surface area contributed by atoms with E-state index < -0.39 is 17.7 Å². The molecule has 0 spiro atoms. The zero-order valence-electron chi connectivity index (χ0n) is 23.7. The minimum absolute atomic E-state index is 0.00632. The van der Waals surface area contributed by atoms with Crippen LogP contribution < -0.4 is 4.74 Å². The van der Waals surface area contributed by atoms with Gasteiger partial charge in [0.1, 0.15) is 36.0 Å². The quantitative estimate of drug-likeness (QED) is 0.0434. The molecule has 8 nitrogen and oxygen atoms in total. The van der Waals surface area contributed by atoms with Gasteiger partial charge in [-0.2, -0.15) is 13.2 Å². The maximum atomic E-state index is 13.0. The van der Waals surface area contributed by atoms with Gasteiger partial charge in [0.05, 0.1) is 26.0 Å². The van der Waals surface area contributed by atoms with Gasteiger partial charge in [-0.15, -0.1) is 6.42 Å². The summed E-state index contributed by atoms with van der Waals surface area (Å²) >= 11 is 0. The number of hydrogen-bond acceptors (Lipinski definition) is 8. The number of methoxy groups -OCH3 is 2. The van der Waals surface area contributed by atoms with Crippen LogP contribution in [-0.2, 0) is 43.3 Å². The predicted octanol–water partition coefficient (Wildman–Crippen LogP) is 6.39. The Bertz CT molecular complexity index is 1520. The van der Waals surface area contributed by atoms with Crippen molar-refractivity contribution in [1.29, 1.82) is 0 Å². The molecule has 3 aromatic rings. The van der Waals surface area contributed by atoms with E-state index in [2.05, 4.69) is 16.2 Å². The van der Waals surface area contributed by atoms with Crippen LogP contribution in [0.5, 0.6) is 5.75 Å². The smallest absolute Gasteiger partial charge is 0.416 e. The van der Waals surface area contributed by atoms with Gasteiger partial charge in [-0.1, -0.05) is 52.6 Å². The Morgan fingerprint density at radius 3 is 2.37 bits per heavy atom. The highest BCUT2D eigenvalue weighted by Crippen LogP contribution is 2.30. The summed E-state index contributed by atoms with van der Waals surface area (Å²) in [7, 11) is 2.70. The molecule has 0 saturated heterocycles. The van der Waals surface area contributed by atoms with Gasteiger partial charge < -0.3 is 23.9 Å². The molecule has 0 fully saturated rings. The molecule has 0 amide bonds. The summed E-state index contributed by atoms with van der Waals surface area (Å²) in [6, 6.07) is 18.7. The predicted molar refractivity (Wildman–Crippen MR) is 155 cm³/mol. The van der Waals surface area contributed by atoms with Gasteiger partial charge in [-0.25, -0.2) is 4.79 Å². The van der Waals surface area contributed by atoms with Gasteiger partial charge in [-0.05, 0) is 54.4 Å². The van der Waals surface area contributed by atoms with Crippen LogP contribution in [0.4, 0.5) is 13.2 Å². The van der Waals surface area contributed by atoms with Gasteiger partial charge in [-0.3, -0.25) is 0 Å². The van der Waals surface area contributed by atoms with E-state index in [1.165, 1.54) is 26.5 Å². The zero-order valence-corrected chi connectivity index (χ0v) is 23.7. The normalized spacial score (nSPS) is 12.3. The summed E-state index contributed by atoms with van der Waals surface area (Å²) in [6.45, 7) is 1.53. The van der Waals surface area contributed by atoms with Gasteiger partial charge in [0.15, 0.2) is 6.61 Å². The third-order valence-electron chi connectivity index (χ3n) is 5.80. The fraction of sp³-hybridized carbons (Fsp3) is 0.219. The molecule has 0 radical (unpaired) electrons. The number of carbonyl (C=O) groups is 1. The summed E-state index contributed by atoms with van der Waals surface area (Å²) in [5.41, 5.74) is 2.31. The fourth-order valence-electron chi connectivity index (χ4n) is 3.78. The van der Waals surface area contributed by atoms with E-state index in [9.17, 15) is 18.0 Å². The molecule has 11 heteroatoms. The summed E-state index contributed by atoms with van der Waals surface area (Å²) in [5, 5.41) is 8.28. The topological polar surface area (TPSA) is 87.9 Å².